The van der Waals surface area contributed by atoms with Gasteiger partial charge < -0.3 is 20.3 Å². The van der Waals surface area contributed by atoms with E-state index in [0.29, 0.717) is 28.8 Å². The molecule has 0 atom stereocenters. The highest BCUT2D eigenvalue weighted by Gasteiger charge is 2.38. The highest BCUT2D eigenvalue weighted by atomic mass is 32.2. The Kier molecular flexibility index (Phi) is 10.6. The van der Waals surface area contributed by atoms with Crippen molar-refractivity contribution < 1.29 is 45.4 Å². The number of carboxylic acids is 1. The molecule has 0 saturated heterocycles. The van der Waals surface area contributed by atoms with E-state index in [9.17, 15) is 30.8 Å². The van der Waals surface area contributed by atoms with Crippen molar-refractivity contribution >= 4 is 28.2 Å². The average Bonchev–Trinajstić information content (AvgIpc) is 3.36. The molecule has 0 aliphatic carbocycles. The topological polar surface area (TPSA) is 167 Å². The smallest absolute Gasteiger partial charge is 0.475 e. The number of benzene rings is 3. The van der Waals surface area contributed by atoms with Gasteiger partial charge in [-0.3, -0.25) is 0 Å². The van der Waals surface area contributed by atoms with Crippen molar-refractivity contribution in [3.05, 3.63) is 102 Å². The molecule has 0 bridgehead atoms. The van der Waals surface area contributed by atoms with Gasteiger partial charge >= 0.3 is 18.1 Å². The molecule has 1 aromatic heterocycles. The highest BCUT2D eigenvalue weighted by Crippen LogP contribution is 2.32. The summed E-state index contributed by atoms with van der Waals surface area (Å²) in [5, 5.41) is 16.0. The van der Waals surface area contributed by atoms with Crippen molar-refractivity contribution in [2.45, 2.75) is 24.5 Å². The summed E-state index contributed by atoms with van der Waals surface area (Å²) in [4.78, 5) is 21.5. The van der Waals surface area contributed by atoms with Crippen LogP contribution in [0.3, 0.4) is 0 Å². The summed E-state index contributed by atoms with van der Waals surface area (Å²) < 4.78 is 76.8. The zero-order valence-corrected chi connectivity index (χ0v) is 23.8. The number of halogens is 4. The number of rotatable bonds is 8. The third-order valence-corrected chi connectivity index (χ3v) is 6.88. The van der Waals surface area contributed by atoms with Crippen LogP contribution < -0.4 is 11.0 Å². The summed E-state index contributed by atoms with van der Waals surface area (Å²) in [7, 11) is -4.06. The molecule has 0 aliphatic rings. The molecule has 232 valence electrons. The molecule has 4 rings (SSSR count). The minimum absolute atomic E-state index is 0.151. The van der Waals surface area contributed by atoms with Gasteiger partial charge in [0.05, 0.1) is 23.3 Å². The number of alkyl halides is 3. The third kappa shape index (κ3) is 8.75. The fourth-order valence-corrected chi connectivity index (χ4v) is 4.82. The zero-order valence-electron chi connectivity index (χ0n) is 23.0. The van der Waals surface area contributed by atoms with E-state index >= 15 is 0 Å². The number of nitrogens with two attached hydrogens (primary N) is 2. The lowest BCUT2D eigenvalue weighted by atomic mass is 9.99. The number of carbonyl (C=O) groups excluding carboxylic acids is 1. The number of sulfonamides is 1. The maximum Gasteiger partial charge on any atom is 0.490 e. The number of carboxylic acid groups (broad SMARTS) is 1. The van der Waals surface area contributed by atoms with Crippen molar-refractivity contribution in [3.8, 4) is 22.3 Å². The van der Waals surface area contributed by atoms with Crippen molar-refractivity contribution in [2.75, 3.05) is 6.61 Å². The van der Waals surface area contributed by atoms with Crippen LogP contribution in [0.2, 0.25) is 0 Å². The van der Waals surface area contributed by atoms with E-state index in [2.05, 4.69) is 5.10 Å². The number of nitrogens with zero attached hydrogens (tertiary/aromatic N) is 2. The number of aliphatic carboxylic acids is 1. The van der Waals surface area contributed by atoms with Gasteiger partial charge in [0.1, 0.15) is 5.82 Å². The quantitative estimate of drug-likeness (QED) is 0.0826. The molecule has 0 radical (unpaired) electrons. The molecule has 0 amide bonds. The summed E-state index contributed by atoms with van der Waals surface area (Å²) in [6.45, 7) is 2.44. The molecule has 15 heteroatoms. The van der Waals surface area contributed by atoms with Crippen LogP contribution in [-0.2, 0) is 26.1 Å². The molecule has 5 N–H and O–H groups in total. The molecule has 4 aromatic rings. The largest absolute Gasteiger partial charge is 0.490 e. The fourth-order valence-electron chi connectivity index (χ4n) is 4.07. The van der Waals surface area contributed by atoms with Crippen LogP contribution in [0, 0.1) is 5.82 Å². The normalized spacial score (nSPS) is 11.6. The number of ether oxygens (including phenoxy) is 1. The van der Waals surface area contributed by atoms with Crippen LogP contribution in [0.1, 0.15) is 28.4 Å². The van der Waals surface area contributed by atoms with E-state index < -0.39 is 34.0 Å². The number of esters is 1. The van der Waals surface area contributed by atoms with E-state index in [-0.39, 0.29) is 17.1 Å². The Balaban J connectivity index is 0.000000676. The van der Waals surface area contributed by atoms with Crippen LogP contribution >= 0.6 is 0 Å². The van der Waals surface area contributed by atoms with E-state index in [0.717, 1.165) is 29.3 Å². The Bertz CT molecular complexity index is 1790. The molecule has 0 spiro atoms. The number of primary sulfonamides is 1. The molecule has 1 heterocycles. The Hall–Kier alpha value is -5.02. The van der Waals surface area contributed by atoms with Gasteiger partial charge in [-0.05, 0) is 53.4 Å². The Morgan fingerprint density at radius 3 is 2.16 bits per heavy atom. The van der Waals surface area contributed by atoms with Crippen molar-refractivity contribution in [3.63, 3.8) is 0 Å². The Labute approximate surface area is 249 Å². The monoisotopic (exact) mass is 634 g/mol. The van der Waals surface area contributed by atoms with Gasteiger partial charge in [-0.2, -0.15) is 18.3 Å². The fraction of sp³-hybridized carbons (Fsp3) is 0.138. The number of aromatic nitrogens is 1. The predicted octanol–water partition coefficient (Wildman–Crippen LogP) is 4.76. The number of hydrazone groups is 1. The average molecular weight is 635 g/mol. The van der Waals surface area contributed by atoms with Gasteiger partial charge in [0, 0.05) is 30.1 Å². The number of hydrogen-bond donors (Lipinski definition) is 3. The molecule has 0 aliphatic heterocycles. The summed E-state index contributed by atoms with van der Waals surface area (Å²) in [5.74, 6) is 1.44. The summed E-state index contributed by atoms with van der Waals surface area (Å²) in [6.07, 6.45) is 0.0234. The van der Waals surface area contributed by atoms with Gasteiger partial charge in [-0.15, -0.1) is 0 Å². The molecular formula is C29H26F4N4O6S. The maximum atomic E-state index is 13.9. The molecule has 10 nitrogen and oxygen atoms in total. The van der Waals surface area contributed by atoms with Crippen LogP contribution in [0.25, 0.3) is 22.3 Å². The van der Waals surface area contributed by atoms with Crippen LogP contribution in [0.5, 0.6) is 0 Å². The minimum atomic E-state index is -5.08. The van der Waals surface area contributed by atoms with Crippen molar-refractivity contribution in [2.24, 2.45) is 16.1 Å². The molecule has 44 heavy (non-hydrogen) atoms. The molecule has 3 aromatic carbocycles. The number of carbonyl (C=O) groups is 2. The zero-order chi connectivity index (χ0) is 32.7. The second kappa shape index (κ2) is 14.0. The Morgan fingerprint density at radius 1 is 1.00 bits per heavy atom. The number of hydrogen-bond acceptors (Lipinski definition) is 7. The highest BCUT2D eigenvalue weighted by molar-refractivity contribution is 7.89. The first kappa shape index (κ1) is 33.5. The maximum absolute atomic E-state index is 13.9. The van der Waals surface area contributed by atoms with Gasteiger partial charge in [-0.25, -0.2) is 27.5 Å². The summed E-state index contributed by atoms with van der Waals surface area (Å²) in [5.41, 5.74) is 4.15. The van der Waals surface area contributed by atoms with E-state index in [1.807, 2.05) is 35.0 Å². The van der Waals surface area contributed by atoms with E-state index in [4.69, 9.17) is 25.6 Å². The van der Waals surface area contributed by atoms with E-state index in [1.165, 1.54) is 0 Å². The lowest BCUT2D eigenvalue weighted by Gasteiger charge is -2.10. The lowest BCUT2D eigenvalue weighted by Crippen LogP contribution is -2.21. The Morgan fingerprint density at radius 2 is 1.61 bits per heavy atom. The summed E-state index contributed by atoms with van der Waals surface area (Å²) >= 11 is 0. The minimum Gasteiger partial charge on any atom is -0.475 e. The lowest BCUT2D eigenvalue weighted by molar-refractivity contribution is -0.192. The first-order valence-corrected chi connectivity index (χ1v) is 14.1. The first-order valence-electron chi connectivity index (χ1n) is 12.6. The van der Waals surface area contributed by atoms with E-state index in [1.54, 1.807) is 43.6 Å². The van der Waals surface area contributed by atoms with Crippen molar-refractivity contribution in [1.29, 1.82) is 0 Å². The van der Waals surface area contributed by atoms with Crippen LogP contribution in [0.4, 0.5) is 17.6 Å². The second-order valence-electron chi connectivity index (χ2n) is 9.07. The molecule has 0 saturated carbocycles. The van der Waals surface area contributed by atoms with Gasteiger partial charge in [0.2, 0.25) is 10.0 Å². The van der Waals surface area contributed by atoms with Gasteiger partial charge in [0.15, 0.2) is 0 Å². The second-order valence-corrected chi connectivity index (χ2v) is 10.6. The van der Waals surface area contributed by atoms with Gasteiger partial charge in [0.25, 0.3) is 0 Å². The molecule has 0 unspecified atom stereocenters. The van der Waals surface area contributed by atoms with Gasteiger partial charge in [-0.1, -0.05) is 42.5 Å². The SMILES string of the molecule is CCOC(=O)c1cn(Cc2cccc(C=NN)c2)cc1-c1ccc(-c2cc(F)ccc2S(N)(=O)=O)cc1.O=C(O)C(F)(F)F. The molecule has 0 fully saturated rings. The molecular weight excluding hydrogens is 608 g/mol. The predicted molar refractivity (Wildman–Crippen MR) is 154 cm³/mol. The standard InChI is InChI=1S/C27H25FN4O4S.C2HF3O2/c1-2-36-27(33)25-17-32(15-19-5-3-4-18(12-19)14-31-29)16-24(25)21-8-6-20(7-9-21)23-13-22(28)10-11-26(23)37(30,34)35;3-2(4,5)1(6)7/h3-14,16-17H,2,15,29H2,1H3,(H2,30,34,35);(H,6,7). The third-order valence-electron chi connectivity index (χ3n) is 5.91. The van der Waals surface area contributed by atoms with Crippen molar-refractivity contribution in [1.82, 2.24) is 4.57 Å². The first-order chi connectivity index (χ1) is 20.6. The van der Waals surface area contributed by atoms with Crippen LogP contribution in [0.15, 0.2) is 89.1 Å². The van der Waals surface area contributed by atoms with Crippen LogP contribution in [-0.4, -0.2) is 49.0 Å². The summed E-state index contributed by atoms with van der Waals surface area (Å²) in [6, 6.07) is 17.7.